The molecule has 38 heavy (non-hydrogen) atoms. The first-order valence-electron chi connectivity index (χ1n) is 10.1. The molecule has 0 aliphatic heterocycles. The van der Waals surface area contributed by atoms with Gasteiger partial charge in [-0.25, -0.2) is 9.59 Å². The van der Waals surface area contributed by atoms with Gasteiger partial charge in [0.05, 0.1) is 22.5 Å². The Balaban J connectivity index is 1.67. The van der Waals surface area contributed by atoms with E-state index in [9.17, 15) is 40.7 Å². The van der Waals surface area contributed by atoms with Crippen LogP contribution >= 0.6 is 11.6 Å². The molecule has 0 saturated carbocycles. The van der Waals surface area contributed by atoms with Gasteiger partial charge in [-0.05, 0) is 35.9 Å². The first-order chi connectivity index (χ1) is 17.6. The Kier molecular flexibility index (Phi) is 8.04. The molecule has 0 atom stereocenters. The van der Waals surface area contributed by atoms with Crippen LogP contribution in [0.1, 0.15) is 21.6 Å². The van der Waals surface area contributed by atoms with E-state index in [-0.39, 0.29) is 28.5 Å². The highest BCUT2D eigenvalue weighted by Crippen LogP contribution is 2.36. The van der Waals surface area contributed by atoms with Crippen LogP contribution in [-0.2, 0) is 17.5 Å². The van der Waals surface area contributed by atoms with Crippen molar-refractivity contribution in [3.8, 4) is 0 Å². The van der Waals surface area contributed by atoms with Gasteiger partial charge in [-0.3, -0.25) is 4.79 Å². The van der Waals surface area contributed by atoms with E-state index >= 15 is 0 Å². The first-order valence-corrected chi connectivity index (χ1v) is 10.5. The number of urea groups is 1. The van der Waals surface area contributed by atoms with E-state index < -0.39 is 46.5 Å². The van der Waals surface area contributed by atoms with Crippen LogP contribution in [0.5, 0.6) is 0 Å². The van der Waals surface area contributed by atoms with Crippen molar-refractivity contribution < 1.29 is 45.6 Å². The molecule has 0 aliphatic carbocycles. The molecular weight excluding hydrogens is 550 g/mol. The summed E-state index contributed by atoms with van der Waals surface area (Å²) in [4.78, 5) is 39.0. The summed E-state index contributed by atoms with van der Waals surface area (Å²) >= 11 is 5.55. The number of aromatic nitrogens is 2. The average Bonchev–Trinajstić information content (AvgIpc) is 3.21. The van der Waals surface area contributed by atoms with Gasteiger partial charge in [-0.15, -0.1) is 5.10 Å². The van der Waals surface area contributed by atoms with Gasteiger partial charge in [0.15, 0.2) is 5.69 Å². The summed E-state index contributed by atoms with van der Waals surface area (Å²) in [6, 6.07) is 7.98. The quantitative estimate of drug-likeness (QED) is 0.313. The van der Waals surface area contributed by atoms with Crippen LogP contribution in [0.2, 0.25) is 5.02 Å². The van der Waals surface area contributed by atoms with E-state index in [4.69, 9.17) is 17.3 Å². The monoisotopic (exact) mass is 564 g/mol. The van der Waals surface area contributed by atoms with Crippen LogP contribution in [0.15, 0.2) is 48.7 Å². The van der Waals surface area contributed by atoms with Crippen molar-refractivity contribution in [2.75, 3.05) is 16.0 Å². The number of nitrogens with two attached hydrogens (primary N) is 1. The summed E-state index contributed by atoms with van der Waals surface area (Å²) < 4.78 is 76.2. The van der Waals surface area contributed by atoms with Gasteiger partial charge >= 0.3 is 24.4 Å². The van der Waals surface area contributed by atoms with Crippen LogP contribution in [0.4, 0.5) is 48.2 Å². The number of alkyl halides is 6. The Labute approximate surface area is 213 Å². The first kappa shape index (κ1) is 28.1. The molecule has 3 rings (SSSR count). The van der Waals surface area contributed by atoms with Crippen LogP contribution in [0, 0.1) is 0 Å². The van der Waals surface area contributed by atoms with E-state index in [1.165, 1.54) is 24.3 Å². The molecule has 0 radical (unpaired) electrons. The Morgan fingerprint density at radius 3 is 2.26 bits per heavy atom. The number of rotatable bonds is 7. The molecule has 202 valence electrons. The number of anilines is 3. The van der Waals surface area contributed by atoms with Crippen molar-refractivity contribution in [2.24, 2.45) is 5.73 Å². The summed E-state index contributed by atoms with van der Waals surface area (Å²) in [6.07, 6.45) is -9.24. The zero-order valence-corrected chi connectivity index (χ0v) is 19.3. The molecule has 0 unspecified atom stereocenters. The van der Waals surface area contributed by atoms with E-state index in [2.05, 4.69) is 25.9 Å². The van der Waals surface area contributed by atoms with Crippen LogP contribution in [0.3, 0.4) is 0 Å². The second-order valence-corrected chi connectivity index (χ2v) is 7.77. The van der Waals surface area contributed by atoms with Crippen molar-refractivity contribution >= 4 is 46.6 Å². The molecule has 3 amide bonds. The summed E-state index contributed by atoms with van der Waals surface area (Å²) in [5.41, 5.74) is 3.88. The summed E-state index contributed by atoms with van der Waals surface area (Å²) in [6.45, 7) is -0.0670. The van der Waals surface area contributed by atoms with E-state index in [1.54, 1.807) is 6.07 Å². The summed E-state index contributed by atoms with van der Waals surface area (Å²) in [5.74, 6) is -3.70. The number of halogens is 7. The topological polar surface area (TPSA) is 140 Å². The average molecular weight is 565 g/mol. The van der Waals surface area contributed by atoms with E-state index in [0.29, 0.717) is 11.6 Å². The fourth-order valence-electron chi connectivity index (χ4n) is 2.92. The number of carbonyl (C=O) groups excluding carboxylic acids is 3. The highest BCUT2D eigenvalue weighted by atomic mass is 35.5. The highest BCUT2D eigenvalue weighted by Gasteiger charge is 2.42. The lowest BCUT2D eigenvalue weighted by Gasteiger charge is -2.13. The largest absolute Gasteiger partial charge is 0.493 e. The smallest absolute Gasteiger partial charge is 0.378 e. The number of benzene rings is 2. The van der Waals surface area contributed by atoms with Gasteiger partial charge in [-0.1, -0.05) is 28.6 Å². The number of carbonyl (C=O) groups is 3. The lowest BCUT2D eigenvalue weighted by molar-refractivity contribution is -0.201. The Bertz CT molecular complexity index is 1370. The molecule has 0 aliphatic rings. The zero-order valence-electron chi connectivity index (χ0n) is 18.6. The molecule has 17 heteroatoms. The minimum atomic E-state index is -5.31. The summed E-state index contributed by atoms with van der Waals surface area (Å²) in [7, 11) is 0. The molecule has 10 nitrogen and oxygen atoms in total. The third kappa shape index (κ3) is 7.28. The molecule has 0 bridgehead atoms. The normalized spacial score (nSPS) is 11.6. The highest BCUT2D eigenvalue weighted by molar-refractivity contribution is 6.31. The molecule has 5 N–H and O–H groups in total. The Morgan fingerprint density at radius 1 is 1.00 bits per heavy atom. The van der Waals surface area contributed by atoms with Gasteiger partial charge in [-0.2, -0.15) is 26.3 Å². The van der Waals surface area contributed by atoms with E-state index in [1.807, 2.05) is 0 Å². The van der Waals surface area contributed by atoms with Gasteiger partial charge < -0.3 is 26.5 Å². The number of primary amides is 1. The predicted octanol–water partition coefficient (Wildman–Crippen LogP) is 4.43. The molecule has 0 saturated heterocycles. The van der Waals surface area contributed by atoms with Crippen LogP contribution in [-0.4, -0.2) is 34.0 Å². The zero-order chi connectivity index (χ0) is 28.3. The van der Waals surface area contributed by atoms with Crippen LogP contribution in [0.25, 0.3) is 0 Å². The SMILES string of the molecule is NC(=O)c1nn(OC(=O)C(F)(F)F)cc1NCc1cccc(NC(=O)Nc2ccc(Cl)c(C(F)(F)F)c2)c1. The molecule has 3 aromatic rings. The van der Waals surface area contributed by atoms with E-state index in [0.717, 1.165) is 12.3 Å². The van der Waals surface area contributed by atoms with Gasteiger partial charge in [0, 0.05) is 17.9 Å². The van der Waals surface area contributed by atoms with Crippen molar-refractivity contribution in [3.63, 3.8) is 0 Å². The maximum Gasteiger partial charge on any atom is 0.493 e. The van der Waals surface area contributed by atoms with Crippen molar-refractivity contribution in [1.82, 2.24) is 9.94 Å². The maximum atomic E-state index is 13.0. The number of hydrogen-bond acceptors (Lipinski definition) is 6. The van der Waals surface area contributed by atoms with Crippen molar-refractivity contribution in [3.05, 3.63) is 70.5 Å². The maximum absolute atomic E-state index is 13.0. The lowest BCUT2D eigenvalue weighted by Crippen LogP contribution is -2.33. The molecule has 2 aromatic carbocycles. The summed E-state index contributed by atoms with van der Waals surface area (Å²) in [5, 5.41) is 10.2. The van der Waals surface area contributed by atoms with Crippen LogP contribution < -0.4 is 26.5 Å². The molecule has 0 fully saturated rings. The predicted molar refractivity (Wildman–Crippen MR) is 121 cm³/mol. The molecular formula is C21H15ClF6N6O4. The fraction of sp³-hybridized carbons (Fsp3) is 0.143. The third-order valence-electron chi connectivity index (χ3n) is 4.53. The molecule has 0 spiro atoms. The minimum Gasteiger partial charge on any atom is -0.378 e. The molecule has 1 aromatic heterocycles. The van der Waals surface area contributed by atoms with Crippen molar-refractivity contribution in [2.45, 2.75) is 18.9 Å². The number of amides is 3. The standard InChI is InChI=1S/C21H15ClF6N6O4/c22-14-5-4-12(7-13(14)20(23,24)25)32-19(37)31-11-3-1-2-10(6-11)8-30-15-9-34(33-16(15)17(29)35)38-18(36)21(26,27)28/h1-7,9,30H,8H2,(H2,29,35)(H2,31,32,37). The second kappa shape index (κ2) is 10.9. The van der Waals surface area contributed by atoms with Crippen molar-refractivity contribution in [1.29, 1.82) is 0 Å². The molecule has 1 heterocycles. The van der Waals surface area contributed by atoms with Gasteiger partial charge in [0.1, 0.15) is 0 Å². The Morgan fingerprint density at radius 2 is 1.66 bits per heavy atom. The lowest BCUT2D eigenvalue weighted by atomic mass is 10.2. The number of hydrogen-bond donors (Lipinski definition) is 4. The minimum absolute atomic E-state index is 0.0670. The van der Waals surface area contributed by atoms with Gasteiger partial charge in [0.2, 0.25) is 0 Å². The second-order valence-electron chi connectivity index (χ2n) is 7.36. The van der Waals surface area contributed by atoms with Gasteiger partial charge in [0.25, 0.3) is 5.91 Å². The Hall–Kier alpha value is -4.47. The fourth-order valence-corrected chi connectivity index (χ4v) is 3.14. The number of nitrogens with zero attached hydrogens (tertiary/aromatic N) is 2. The number of nitrogens with one attached hydrogen (secondary N) is 3. The third-order valence-corrected chi connectivity index (χ3v) is 4.86.